The molecular weight excluding hydrogens is 355 g/mol. The number of carboxylic acid groups (broad SMARTS) is 1. The van der Waals surface area contributed by atoms with E-state index < -0.39 is 17.7 Å². The quantitative estimate of drug-likeness (QED) is 0.827. The van der Waals surface area contributed by atoms with Crippen LogP contribution in [0.25, 0.3) is 10.8 Å². The molecule has 1 N–H and O–H groups in total. The van der Waals surface area contributed by atoms with Crippen molar-refractivity contribution in [2.45, 2.75) is 13.1 Å². The summed E-state index contributed by atoms with van der Waals surface area (Å²) in [5.74, 6) is -1.36. The first-order chi connectivity index (χ1) is 11.6. The smallest absolute Gasteiger partial charge is 0.420 e. The number of thiocarbonyl (C=S) groups is 1. The van der Waals surface area contributed by atoms with Gasteiger partial charge in [-0.05, 0) is 35.4 Å². The van der Waals surface area contributed by atoms with Crippen LogP contribution in [0.15, 0.2) is 24.3 Å². The largest absolute Gasteiger partial charge is 0.496 e. The first-order valence-corrected chi connectivity index (χ1v) is 7.63. The summed E-state index contributed by atoms with van der Waals surface area (Å²) in [5.41, 5.74) is 0.190. The van der Waals surface area contributed by atoms with E-state index in [2.05, 4.69) is 0 Å². The third-order valence-corrected chi connectivity index (χ3v) is 4.32. The minimum absolute atomic E-state index is 0.0430. The minimum Gasteiger partial charge on any atom is -0.496 e. The number of likely N-dealkylation sites (N-methyl/N-ethyl adjacent to an activating group) is 1. The third kappa shape index (κ3) is 3.68. The summed E-state index contributed by atoms with van der Waals surface area (Å²) in [6, 6.07) is 5.66. The van der Waals surface area contributed by atoms with Gasteiger partial charge in [-0.15, -0.1) is 0 Å². The van der Waals surface area contributed by atoms with Gasteiger partial charge in [0.1, 0.15) is 22.8 Å². The van der Waals surface area contributed by atoms with E-state index in [-0.39, 0.29) is 22.7 Å². The summed E-state index contributed by atoms with van der Waals surface area (Å²) in [5, 5.41) is 9.17. The molecule has 2 aromatic rings. The Balaban J connectivity index is 2.76. The van der Waals surface area contributed by atoms with Crippen molar-refractivity contribution in [1.29, 1.82) is 0 Å². The molecule has 0 aromatic heterocycles. The molecule has 0 atom stereocenters. The molecular formula is C17H16F3NO3S. The number of aryl methyl sites for hydroxylation is 1. The zero-order chi connectivity index (χ0) is 18.9. The van der Waals surface area contributed by atoms with Crippen molar-refractivity contribution in [3.63, 3.8) is 0 Å². The molecule has 25 heavy (non-hydrogen) atoms. The van der Waals surface area contributed by atoms with Crippen molar-refractivity contribution in [3.05, 3.63) is 41.0 Å². The standard InChI is InChI=1S/C17H16F3NO3S/c1-9-4-5-11-10(14(9)16(25)21(2)8-13(22)23)6-7-12(24-3)15(11)17(18,19)20/h4-7H,8H2,1-3H3,(H,22,23). The van der Waals surface area contributed by atoms with Crippen molar-refractivity contribution in [3.8, 4) is 5.75 Å². The number of halogens is 3. The van der Waals surface area contributed by atoms with Gasteiger partial charge in [0.05, 0.1) is 7.11 Å². The van der Waals surface area contributed by atoms with Gasteiger partial charge < -0.3 is 14.7 Å². The van der Waals surface area contributed by atoms with Crippen LogP contribution in [0.2, 0.25) is 0 Å². The Bertz CT molecular complexity index is 849. The molecule has 0 unspecified atom stereocenters. The molecule has 8 heteroatoms. The van der Waals surface area contributed by atoms with Gasteiger partial charge in [0.2, 0.25) is 0 Å². The van der Waals surface area contributed by atoms with Crippen LogP contribution in [0.4, 0.5) is 13.2 Å². The summed E-state index contributed by atoms with van der Waals surface area (Å²) < 4.78 is 45.5. The molecule has 0 saturated carbocycles. The van der Waals surface area contributed by atoms with E-state index in [1.165, 1.54) is 43.3 Å². The van der Waals surface area contributed by atoms with Gasteiger partial charge in [-0.2, -0.15) is 13.2 Å². The van der Waals surface area contributed by atoms with E-state index in [9.17, 15) is 18.0 Å². The second kappa shape index (κ2) is 6.87. The highest BCUT2D eigenvalue weighted by Crippen LogP contribution is 2.42. The molecule has 4 nitrogen and oxygen atoms in total. The van der Waals surface area contributed by atoms with Gasteiger partial charge in [0, 0.05) is 12.6 Å². The van der Waals surface area contributed by atoms with E-state index in [4.69, 9.17) is 22.1 Å². The predicted molar refractivity (Wildman–Crippen MR) is 92.2 cm³/mol. The van der Waals surface area contributed by atoms with Crippen LogP contribution in [0.5, 0.6) is 5.75 Å². The maximum atomic E-state index is 13.5. The molecule has 0 radical (unpaired) electrons. The number of rotatable bonds is 4. The van der Waals surface area contributed by atoms with Crippen molar-refractivity contribution >= 4 is 33.9 Å². The summed E-state index contributed by atoms with van der Waals surface area (Å²) in [6.45, 7) is 1.37. The van der Waals surface area contributed by atoms with Crippen LogP contribution in [-0.2, 0) is 11.0 Å². The Hall–Kier alpha value is -2.35. The van der Waals surface area contributed by atoms with Gasteiger partial charge in [-0.25, -0.2) is 0 Å². The van der Waals surface area contributed by atoms with Crippen LogP contribution >= 0.6 is 12.2 Å². The molecule has 0 saturated heterocycles. The molecule has 0 fully saturated rings. The lowest BCUT2D eigenvalue weighted by molar-refractivity contribution is -0.138. The topological polar surface area (TPSA) is 49.8 Å². The monoisotopic (exact) mass is 371 g/mol. The number of carbonyl (C=O) groups is 1. The maximum Gasteiger partial charge on any atom is 0.420 e. The zero-order valence-corrected chi connectivity index (χ0v) is 14.6. The minimum atomic E-state index is -4.61. The van der Waals surface area contributed by atoms with Crippen LogP contribution in [-0.4, -0.2) is 41.7 Å². The Kier molecular flexibility index (Phi) is 5.22. The summed E-state index contributed by atoms with van der Waals surface area (Å²) in [7, 11) is 2.67. The molecule has 2 rings (SSSR count). The second-order valence-electron chi connectivity index (χ2n) is 5.55. The number of hydrogen-bond acceptors (Lipinski definition) is 3. The molecule has 0 aliphatic heterocycles. The summed E-state index contributed by atoms with van der Waals surface area (Å²) in [4.78, 5) is 12.4. The number of fused-ring (bicyclic) bond motifs is 1. The number of hydrogen-bond donors (Lipinski definition) is 1. The molecule has 0 aliphatic carbocycles. The number of benzene rings is 2. The van der Waals surface area contributed by atoms with E-state index >= 15 is 0 Å². The fourth-order valence-electron chi connectivity index (χ4n) is 2.71. The molecule has 0 heterocycles. The SMILES string of the molecule is COc1ccc2c(C(=S)N(C)CC(=O)O)c(C)ccc2c1C(F)(F)F. The van der Waals surface area contributed by atoms with Gasteiger partial charge in [0.25, 0.3) is 0 Å². The Morgan fingerprint density at radius 2 is 1.84 bits per heavy atom. The molecule has 0 amide bonds. The number of methoxy groups -OCH3 is 1. The lowest BCUT2D eigenvalue weighted by atomic mass is 9.95. The zero-order valence-electron chi connectivity index (χ0n) is 13.8. The van der Waals surface area contributed by atoms with Crippen molar-refractivity contribution < 1.29 is 27.8 Å². The first-order valence-electron chi connectivity index (χ1n) is 7.22. The van der Waals surface area contributed by atoms with Crippen LogP contribution < -0.4 is 4.74 Å². The van der Waals surface area contributed by atoms with Crippen LogP contribution in [0, 0.1) is 6.92 Å². The van der Waals surface area contributed by atoms with Gasteiger partial charge >= 0.3 is 12.1 Å². The lowest BCUT2D eigenvalue weighted by Crippen LogP contribution is -2.31. The van der Waals surface area contributed by atoms with Crippen LogP contribution in [0.1, 0.15) is 16.7 Å². The predicted octanol–water partition coefficient (Wildman–Crippen LogP) is 3.87. The van der Waals surface area contributed by atoms with Gasteiger partial charge in [-0.1, -0.05) is 24.4 Å². The highest BCUT2D eigenvalue weighted by atomic mass is 32.1. The fourth-order valence-corrected chi connectivity index (χ4v) is 3.04. The second-order valence-corrected chi connectivity index (χ2v) is 5.93. The highest BCUT2D eigenvalue weighted by molar-refractivity contribution is 7.80. The average molecular weight is 371 g/mol. The summed E-state index contributed by atoms with van der Waals surface area (Å²) in [6.07, 6.45) is -4.61. The Morgan fingerprint density at radius 1 is 1.24 bits per heavy atom. The lowest BCUT2D eigenvalue weighted by Gasteiger charge is -2.22. The normalized spacial score (nSPS) is 11.4. The van der Waals surface area contributed by atoms with E-state index in [0.29, 0.717) is 16.5 Å². The molecule has 0 bridgehead atoms. The number of aliphatic carboxylic acids is 1. The van der Waals surface area contributed by atoms with Gasteiger partial charge in [0.15, 0.2) is 0 Å². The molecule has 134 valence electrons. The number of nitrogens with zero attached hydrogens (tertiary/aromatic N) is 1. The number of carboxylic acids is 1. The van der Waals surface area contributed by atoms with Gasteiger partial charge in [-0.3, -0.25) is 4.79 Å². The molecule has 0 spiro atoms. The average Bonchev–Trinajstić information content (AvgIpc) is 2.51. The summed E-state index contributed by atoms with van der Waals surface area (Å²) >= 11 is 5.32. The number of alkyl halides is 3. The number of ether oxygens (including phenoxy) is 1. The van der Waals surface area contributed by atoms with Crippen molar-refractivity contribution in [2.24, 2.45) is 0 Å². The van der Waals surface area contributed by atoms with Crippen molar-refractivity contribution in [2.75, 3.05) is 20.7 Å². The van der Waals surface area contributed by atoms with E-state index in [1.807, 2.05) is 0 Å². The first kappa shape index (κ1) is 19.0. The Labute approximate surface area is 147 Å². The Morgan fingerprint density at radius 3 is 2.36 bits per heavy atom. The van der Waals surface area contributed by atoms with Crippen LogP contribution in [0.3, 0.4) is 0 Å². The molecule has 0 aliphatic rings. The fraction of sp³-hybridized carbons (Fsp3) is 0.294. The van der Waals surface area contributed by atoms with E-state index in [0.717, 1.165) is 0 Å². The van der Waals surface area contributed by atoms with E-state index in [1.54, 1.807) is 6.92 Å². The highest BCUT2D eigenvalue weighted by Gasteiger charge is 2.37. The van der Waals surface area contributed by atoms with Crippen molar-refractivity contribution in [1.82, 2.24) is 4.90 Å². The molecule has 2 aromatic carbocycles. The maximum absolute atomic E-state index is 13.5. The third-order valence-electron chi connectivity index (χ3n) is 3.81.